The average Bonchev–Trinajstić information content (AvgIpc) is 3.17. The number of nitriles is 1. The molecule has 4 aromatic rings. The van der Waals surface area contributed by atoms with Crippen LogP contribution in [0.25, 0.3) is 33.8 Å². The summed E-state index contributed by atoms with van der Waals surface area (Å²) in [5.74, 6) is 0.452. The van der Waals surface area contributed by atoms with E-state index in [-0.39, 0.29) is 5.91 Å². The monoisotopic (exact) mass is 411 g/mol. The molecule has 0 unspecified atom stereocenters. The fourth-order valence-corrected chi connectivity index (χ4v) is 3.49. The highest BCUT2D eigenvalue weighted by molar-refractivity contribution is 5.95. The molecule has 1 amide bonds. The normalized spacial score (nSPS) is 10.8. The molecule has 0 spiro atoms. The second-order valence-electron chi connectivity index (χ2n) is 7.70. The lowest BCUT2D eigenvalue weighted by molar-refractivity contribution is 0.0827. The van der Waals surface area contributed by atoms with E-state index in [9.17, 15) is 10.1 Å². The summed E-state index contributed by atoms with van der Waals surface area (Å²) in [5.41, 5.74) is 6.80. The van der Waals surface area contributed by atoms with Gasteiger partial charge < -0.3 is 9.32 Å². The molecular formula is C24H21N5O2. The maximum absolute atomic E-state index is 12.2. The Balaban J connectivity index is 1.86. The summed E-state index contributed by atoms with van der Waals surface area (Å²) in [4.78, 5) is 27.2. The number of pyridine rings is 3. The van der Waals surface area contributed by atoms with Crippen LogP contribution in [-0.2, 0) is 0 Å². The molecule has 4 rings (SSSR count). The fraction of sp³-hybridized carbons (Fsp3) is 0.208. The summed E-state index contributed by atoms with van der Waals surface area (Å²) in [6.07, 6.45) is 3.32. The molecule has 31 heavy (non-hydrogen) atoms. The van der Waals surface area contributed by atoms with Crippen LogP contribution >= 0.6 is 0 Å². The first-order valence-electron chi connectivity index (χ1n) is 9.76. The third-order valence-electron chi connectivity index (χ3n) is 5.15. The molecule has 154 valence electrons. The zero-order valence-corrected chi connectivity index (χ0v) is 18.0. The van der Waals surface area contributed by atoms with E-state index in [1.807, 2.05) is 39.0 Å². The Labute approximate surface area is 180 Å². The summed E-state index contributed by atoms with van der Waals surface area (Å²) in [6.45, 7) is 5.68. The number of carbonyl (C=O) groups excluding carboxylic acids is 1. The molecular weight excluding hydrogens is 390 g/mol. The van der Waals surface area contributed by atoms with Crippen molar-refractivity contribution in [2.75, 3.05) is 14.1 Å². The third-order valence-corrected chi connectivity index (χ3v) is 5.15. The van der Waals surface area contributed by atoms with Crippen molar-refractivity contribution < 1.29 is 9.21 Å². The Bertz CT molecular complexity index is 1380. The lowest BCUT2D eigenvalue weighted by Crippen LogP contribution is -2.21. The largest absolute Gasteiger partial charge is 0.452 e. The van der Waals surface area contributed by atoms with E-state index in [1.165, 1.54) is 4.90 Å². The first-order valence-corrected chi connectivity index (χ1v) is 9.76. The van der Waals surface area contributed by atoms with Crippen molar-refractivity contribution >= 4 is 17.0 Å². The number of carbonyl (C=O) groups is 1. The van der Waals surface area contributed by atoms with Crippen molar-refractivity contribution in [3.63, 3.8) is 0 Å². The topological polar surface area (TPSA) is 95.9 Å². The molecule has 0 aliphatic heterocycles. The van der Waals surface area contributed by atoms with Gasteiger partial charge in [0.15, 0.2) is 11.3 Å². The number of hydrogen-bond acceptors (Lipinski definition) is 6. The summed E-state index contributed by atoms with van der Waals surface area (Å²) in [7, 11) is 3.41. The highest BCUT2D eigenvalue weighted by atomic mass is 16.3. The van der Waals surface area contributed by atoms with Crippen molar-refractivity contribution in [3.8, 4) is 28.8 Å². The van der Waals surface area contributed by atoms with Gasteiger partial charge in [-0.25, -0.2) is 4.98 Å². The van der Waals surface area contributed by atoms with Crippen LogP contribution in [0, 0.1) is 32.1 Å². The highest BCUT2D eigenvalue weighted by Gasteiger charge is 2.19. The number of aryl methyl sites for hydroxylation is 3. The Kier molecular flexibility index (Phi) is 4.99. The highest BCUT2D eigenvalue weighted by Crippen LogP contribution is 2.35. The van der Waals surface area contributed by atoms with E-state index in [0.717, 1.165) is 22.3 Å². The molecule has 0 atom stereocenters. The number of furan rings is 1. The van der Waals surface area contributed by atoms with Gasteiger partial charge in [0.1, 0.15) is 23.0 Å². The molecule has 0 N–H and O–H groups in total. The Hall–Kier alpha value is -4.05. The van der Waals surface area contributed by atoms with Gasteiger partial charge in [-0.2, -0.15) is 5.26 Å². The van der Waals surface area contributed by atoms with Crippen LogP contribution < -0.4 is 0 Å². The van der Waals surface area contributed by atoms with Crippen LogP contribution in [0.15, 0.2) is 41.1 Å². The van der Waals surface area contributed by atoms with Gasteiger partial charge in [-0.05, 0) is 49.6 Å². The molecule has 7 heteroatoms. The zero-order valence-electron chi connectivity index (χ0n) is 18.0. The average molecular weight is 411 g/mol. The Morgan fingerprint density at radius 2 is 1.81 bits per heavy atom. The third kappa shape index (κ3) is 3.53. The lowest BCUT2D eigenvalue weighted by atomic mass is 10.0. The number of rotatable bonds is 3. The van der Waals surface area contributed by atoms with Crippen LogP contribution in [-0.4, -0.2) is 39.9 Å². The number of fused-ring (bicyclic) bond motifs is 1. The van der Waals surface area contributed by atoms with Gasteiger partial charge in [0, 0.05) is 38.1 Å². The number of hydrogen-bond donors (Lipinski definition) is 0. The zero-order chi connectivity index (χ0) is 22.3. The predicted octanol–water partition coefficient (Wildman–Crippen LogP) is 4.45. The second-order valence-corrected chi connectivity index (χ2v) is 7.70. The Morgan fingerprint density at radius 3 is 2.48 bits per heavy atom. The van der Waals surface area contributed by atoms with Crippen LogP contribution in [0.4, 0.5) is 0 Å². The summed E-state index contributed by atoms with van der Waals surface area (Å²) in [5, 5.41) is 9.37. The van der Waals surface area contributed by atoms with Crippen LogP contribution in [0.3, 0.4) is 0 Å². The van der Waals surface area contributed by atoms with Crippen molar-refractivity contribution in [3.05, 3.63) is 64.6 Å². The summed E-state index contributed by atoms with van der Waals surface area (Å²) >= 11 is 0. The molecule has 0 radical (unpaired) electrons. The second kappa shape index (κ2) is 7.65. The summed E-state index contributed by atoms with van der Waals surface area (Å²) < 4.78 is 6.21. The predicted molar refractivity (Wildman–Crippen MR) is 117 cm³/mol. The summed E-state index contributed by atoms with van der Waals surface area (Å²) in [6, 6.07) is 9.53. The van der Waals surface area contributed by atoms with Crippen LogP contribution in [0.2, 0.25) is 0 Å². The van der Waals surface area contributed by atoms with E-state index < -0.39 is 0 Å². The maximum atomic E-state index is 12.2. The van der Waals surface area contributed by atoms with Gasteiger partial charge in [0.2, 0.25) is 0 Å². The van der Waals surface area contributed by atoms with Gasteiger partial charge in [-0.1, -0.05) is 6.07 Å². The molecule has 4 heterocycles. The van der Waals surface area contributed by atoms with E-state index in [0.29, 0.717) is 39.5 Å². The van der Waals surface area contributed by atoms with Crippen molar-refractivity contribution in [1.29, 1.82) is 5.26 Å². The molecule has 0 saturated carbocycles. The van der Waals surface area contributed by atoms with E-state index in [4.69, 9.17) is 4.42 Å². The van der Waals surface area contributed by atoms with Gasteiger partial charge in [0.25, 0.3) is 5.91 Å². The molecule has 0 bridgehead atoms. The van der Waals surface area contributed by atoms with Gasteiger partial charge in [0.05, 0.1) is 11.3 Å². The molecule has 0 saturated heterocycles. The minimum absolute atomic E-state index is 0.106. The molecule has 0 aliphatic carbocycles. The lowest BCUT2D eigenvalue weighted by Gasteiger charge is -2.11. The van der Waals surface area contributed by atoms with E-state index in [2.05, 4.69) is 21.0 Å². The molecule has 0 aromatic carbocycles. The SMILES string of the molecule is Cc1ccc(-c2c(C)cnc3cc(-c4ncc(C(=O)N(C)C)cc4C)oc23)nc1C#N. The number of nitrogens with zero attached hydrogens (tertiary/aromatic N) is 5. The van der Waals surface area contributed by atoms with Crippen molar-refractivity contribution in [2.45, 2.75) is 20.8 Å². The van der Waals surface area contributed by atoms with Crippen LogP contribution in [0.1, 0.15) is 32.7 Å². The Morgan fingerprint density at radius 1 is 1.03 bits per heavy atom. The standard InChI is InChI=1S/C24H21N5O2/c1-13-6-7-17(28-19(13)10-25)21-15(3)11-26-18-9-20(31-23(18)21)22-14(2)8-16(12-27-22)24(30)29(4)5/h6-9,11-12H,1-5H3. The maximum Gasteiger partial charge on any atom is 0.254 e. The minimum Gasteiger partial charge on any atom is -0.452 e. The van der Waals surface area contributed by atoms with E-state index in [1.54, 1.807) is 32.6 Å². The van der Waals surface area contributed by atoms with Gasteiger partial charge in [-0.3, -0.25) is 14.8 Å². The fourth-order valence-electron chi connectivity index (χ4n) is 3.49. The first-order chi connectivity index (χ1) is 14.8. The van der Waals surface area contributed by atoms with E-state index >= 15 is 0 Å². The van der Waals surface area contributed by atoms with Crippen molar-refractivity contribution in [2.24, 2.45) is 0 Å². The number of aromatic nitrogens is 3. The quantitative estimate of drug-likeness (QED) is 0.494. The molecule has 0 aliphatic rings. The minimum atomic E-state index is -0.106. The smallest absolute Gasteiger partial charge is 0.254 e. The molecule has 4 aromatic heterocycles. The first kappa shape index (κ1) is 20.2. The van der Waals surface area contributed by atoms with Crippen molar-refractivity contribution in [1.82, 2.24) is 19.9 Å². The molecule has 7 nitrogen and oxygen atoms in total. The van der Waals surface area contributed by atoms with Crippen LogP contribution in [0.5, 0.6) is 0 Å². The van der Waals surface area contributed by atoms with Gasteiger partial charge >= 0.3 is 0 Å². The molecule has 0 fully saturated rings. The van der Waals surface area contributed by atoms with Gasteiger partial charge in [-0.15, -0.1) is 0 Å². The number of amides is 1.